The van der Waals surface area contributed by atoms with Crippen LogP contribution in [0.5, 0.6) is 0 Å². The zero-order valence-electron chi connectivity index (χ0n) is 22.1. The van der Waals surface area contributed by atoms with Gasteiger partial charge in [-0.2, -0.15) is 0 Å². The molecule has 0 saturated heterocycles. The van der Waals surface area contributed by atoms with E-state index in [0.717, 1.165) is 36.5 Å². The first-order valence-electron chi connectivity index (χ1n) is 12.5. The van der Waals surface area contributed by atoms with Crippen LogP contribution in [-0.2, 0) is 9.47 Å². The Morgan fingerprint density at radius 2 is 1.79 bits per heavy atom. The second-order valence-electron chi connectivity index (χ2n) is 8.57. The number of aliphatic imine (C=N–C) groups is 1. The highest BCUT2D eigenvalue weighted by Crippen LogP contribution is 2.26. The van der Waals surface area contributed by atoms with E-state index < -0.39 is 6.29 Å². The number of rotatable bonds is 13. The maximum Gasteiger partial charge on any atom is 0.169 e. The summed E-state index contributed by atoms with van der Waals surface area (Å²) in [5.74, 6) is 1.31. The molecule has 0 spiro atoms. The van der Waals surface area contributed by atoms with Gasteiger partial charge in [-0.05, 0) is 25.3 Å². The van der Waals surface area contributed by atoms with Crippen LogP contribution in [0.1, 0.15) is 71.4 Å². The van der Waals surface area contributed by atoms with Crippen molar-refractivity contribution in [1.29, 1.82) is 0 Å². The molecule has 0 aliphatic carbocycles. The van der Waals surface area contributed by atoms with Crippen LogP contribution in [-0.4, -0.2) is 61.7 Å². The summed E-state index contributed by atoms with van der Waals surface area (Å²) in [6.07, 6.45) is 5.48. The Labute approximate surface area is 202 Å². The summed E-state index contributed by atoms with van der Waals surface area (Å²) < 4.78 is 11.0. The number of nitrogens with one attached hydrogen (secondary N) is 1. The molecule has 3 unspecified atom stereocenters. The Morgan fingerprint density at radius 1 is 1.12 bits per heavy atom. The van der Waals surface area contributed by atoms with E-state index in [1.54, 1.807) is 7.11 Å². The first-order valence-corrected chi connectivity index (χ1v) is 12.5. The van der Waals surface area contributed by atoms with Crippen molar-refractivity contribution in [2.45, 2.75) is 85.8 Å². The molecule has 3 atom stereocenters. The minimum absolute atomic E-state index is 0.130. The number of methoxy groups -OCH3 is 2. The van der Waals surface area contributed by atoms with Crippen LogP contribution in [0.15, 0.2) is 35.3 Å². The molecule has 0 amide bonds. The van der Waals surface area contributed by atoms with Gasteiger partial charge in [0.2, 0.25) is 0 Å². The van der Waals surface area contributed by atoms with E-state index in [-0.39, 0.29) is 18.2 Å². The lowest BCUT2D eigenvalue weighted by atomic mass is 10.0. The highest BCUT2D eigenvalue weighted by Gasteiger charge is 2.27. The van der Waals surface area contributed by atoms with Crippen molar-refractivity contribution in [3.05, 3.63) is 41.5 Å². The van der Waals surface area contributed by atoms with Gasteiger partial charge in [0.15, 0.2) is 12.5 Å². The van der Waals surface area contributed by atoms with E-state index in [4.69, 9.17) is 14.5 Å². The molecule has 0 aromatic heterocycles. The molecule has 2 rings (SSSR count). The molecule has 33 heavy (non-hydrogen) atoms. The molecule has 2 N–H and O–H groups in total. The van der Waals surface area contributed by atoms with E-state index in [9.17, 15) is 5.11 Å². The molecule has 1 aliphatic rings. The molecule has 6 nitrogen and oxygen atoms in total. The predicted octanol–water partition coefficient (Wildman–Crippen LogP) is 5.21. The Bertz CT molecular complexity index is 716. The summed E-state index contributed by atoms with van der Waals surface area (Å²) in [5, 5.41) is 13.6. The second-order valence-corrected chi connectivity index (χ2v) is 8.57. The van der Waals surface area contributed by atoms with Gasteiger partial charge >= 0.3 is 0 Å². The molecule has 0 bridgehead atoms. The number of unbranched alkanes of at least 4 members (excludes halogenated alkanes) is 2. The van der Waals surface area contributed by atoms with Crippen LogP contribution in [0.4, 0.5) is 0 Å². The van der Waals surface area contributed by atoms with Crippen LogP contribution < -0.4 is 5.32 Å². The normalized spacial score (nSPS) is 17.8. The Hall–Kier alpha value is -1.73. The number of nitrogens with zero attached hydrogens (tertiary/aromatic N) is 2. The Kier molecular flexibility index (Phi) is 14.2. The van der Waals surface area contributed by atoms with Crippen molar-refractivity contribution in [2.75, 3.05) is 27.3 Å². The van der Waals surface area contributed by atoms with Crippen molar-refractivity contribution in [3.8, 4) is 0 Å². The number of ether oxygens (including phenoxy) is 2. The number of hydrogen-bond donors (Lipinski definition) is 2. The number of benzene rings is 1. The minimum atomic E-state index is -0.828. The average Bonchev–Trinajstić information content (AvgIpc) is 2.83. The molecule has 1 aromatic rings. The minimum Gasteiger partial charge on any atom is -0.367 e. The maximum absolute atomic E-state index is 10.1. The lowest BCUT2D eigenvalue weighted by molar-refractivity contribution is -0.106. The van der Waals surface area contributed by atoms with E-state index in [2.05, 4.69) is 68.3 Å². The predicted molar refractivity (Wildman–Crippen MR) is 139 cm³/mol. The lowest BCUT2D eigenvalue weighted by Gasteiger charge is -2.36. The Balaban J connectivity index is 0.00000265. The number of aliphatic hydroxyl groups excluding tert-OH is 1. The number of amidine groups is 1. The van der Waals surface area contributed by atoms with Gasteiger partial charge in [0.25, 0.3) is 0 Å². The van der Waals surface area contributed by atoms with Crippen molar-refractivity contribution in [3.63, 3.8) is 0 Å². The van der Waals surface area contributed by atoms with E-state index >= 15 is 0 Å². The van der Waals surface area contributed by atoms with E-state index in [0.29, 0.717) is 6.54 Å². The third kappa shape index (κ3) is 9.20. The van der Waals surface area contributed by atoms with Crippen LogP contribution in [0, 0.1) is 12.8 Å². The summed E-state index contributed by atoms with van der Waals surface area (Å²) in [6, 6.07) is 8.35. The summed E-state index contributed by atoms with van der Waals surface area (Å²) >= 11 is 0. The van der Waals surface area contributed by atoms with E-state index in [1.807, 2.05) is 13.8 Å². The quantitative estimate of drug-likeness (QED) is 0.312. The fourth-order valence-electron chi connectivity index (χ4n) is 3.85. The standard InChI is InChI=1S/C25H41N3O3.C2H6/c1-7-8-9-10-22-27-21(20-13-11-19(4)12-14-20)17-23(30-5)28(22)16-15-26-24(18(2)3)25(29)31-6;1-2/h11-14,17-18,23-26,29H,7-10,15-16H2,1-6H3;1-2H3. The highest BCUT2D eigenvalue weighted by molar-refractivity contribution is 5.90. The van der Waals surface area contributed by atoms with Crippen molar-refractivity contribution in [1.82, 2.24) is 10.2 Å². The largest absolute Gasteiger partial charge is 0.367 e. The van der Waals surface area contributed by atoms with Gasteiger partial charge in [0.1, 0.15) is 5.84 Å². The smallest absolute Gasteiger partial charge is 0.169 e. The van der Waals surface area contributed by atoms with Crippen LogP contribution in [0.25, 0.3) is 5.70 Å². The number of aryl methyl sites for hydroxylation is 1. The first-order chi connectivity index (χ1) is 15.9. The second kappa shape index (κ2) is 16.0. The zero-order valence-corrected chi connectivity index (χ0v) is 22.1. The Morgan fingerprint density at radius 3 is 2.33 bits per heavy atom. The molecular formula is C27H47N3O3. The van der Waals surface area contributed by atoms with Gasteiger partial charge in [0.05, 0.1) is 11.7 Å². The van der Waals surface area contributed by atoms with Gasteiger partial charge in [-0.15, -0.1) is 0 Å². The first kappa shape index (κ1) is 29.3. The maximum atomic E-state index is 10.1. The molecule has 1 heterocycles. The summed E-state index contributed by atoms with van der Waals surface area (Å²) in [6.45, 7) is 13.9. The van der Waals surface area contributed by atoms with Gasteiger partial charge < -0.3 is 24.8 Å². The van der Waals surface area contributed by atoms with Gasteiger partial charge in [0, 0.05) is 39.3 Å². The van der Waals surface area contributed by atoms with Crippen molar-refractivity contribution < 1.29 is 14.6 Å². The molecule has 188 valence electrons. The third-order valence-corrected chi connectivity index (χ3v) is 5.78. The number of hydrogen-bond acceptors (Lipinski definition) is 6. The fraction of sp³-hybridized carbons (Fsp3) is 0.667. The molecule has 0 radical (unpaired) electrons. The topological polar surface area (TPSA) is 66.3 Å². The molecule has 1 aromatic carbocycles. The fourth-order valence-corrected chi connectivity index (χ4v) is 3.85. The van der Waals surface area contributed by atoms with Crippen molar-refractivity contribution >= 4 is 11.5 Å². The van der Waals surface area contributed by atoms with Gasteiger partial charge in [-0.25, -0.2) is 4.99 Å². The average molecular weight is 462 g/mol. The summed E-state index contributed by atoms with van der Waals surface area (Å²) in [4.78, 5) is 7.27. The molecule has 1 aliphatic heterocycles. The summed E-state index contributed by atoms with van der Waals surface area (Å²) in [5.41, 5.74) is 3.32. The monoisotopic (exact) mass is 461 g/mol. The van der Waals surface area contributed by atoms with Crippen LogP contribution in [0.2, 0.25) is 0 Å². The van der Waals surface area contributed by atoms with Gasteiger partial charge in [-0.1, -0.05) is 77.3 Å². The molecule has 0 saturated carbocycles. The van der Waals surface area contributed by atoms with Crippen molar-refractivity contribution in [2.24, 2.45) is 10.9 Å². The SMILES string of the molecule is CC.CCCCCC1=NC(c2ccc(C)cc2)=CC(OC)N1CCNC(C(C)C)C(O)OC. The summed E-state index contributed by atoms with van der Waals surface area (Å²) in [7, 11) is 3.28. The van der Waals surface area contributed by atoms with Crippen LogP contribution >= 0.6 is 0 Å². The molecular weight excluding hydrogens is 414 g/mol. The zero-order chi connectivity index (χ0) is 24.8. The molecule has 6 heteroatoms. The number of aliphatic hydroxyl groups is 1. The third-order valence-electron chi connectivity index (χ3n) is 5.78. The van der Waals surface area contributed by atoms with Crippen LogP contribution in [0.3, 0.4) is 0 Å². The van der Waals surface area contributed by atoms with E-state index in [1.165, 1.54) is 25.5 Å². The highest BCUT2D eigenvalue weighted by atomic mass is 16.6. The van der Waals surface area contributed by atoms with Gasteiger partial charge in [-0.3, -0.25) is 0 Å². The lowest BCUT2D eigenvalue weighted by Crippen LogP contribution is -2.50. The molecule has 0 fully saturated rings.